The van der Waals surface area contributed by atoms with Crippen molar-refractivity contribution in [2.24, 2.45) is 13.0 Å². The van der Waals surface area contributed by atoms with Gasteiger partial charge in [-0.15, -0.1) is 10.2 Å². The molecule has 34 heavy (non-hydrogen) atoms. The van der Waals surface area contributed by atoms with E-state index in [0.717, 1.165) is 54.8 Å². The first kappa shape index (κ1) is 23.2. The Morgan fingerprint density at radius 3 is 2.74 bits per heavy atom. The molecule has 0 spiro atoms. The van der Waals surface area contributed by atoms with Gasteiger partial charge in [0.25, 0.3) is 0 Å². The summed E-state index contributed by atoms with van der Waals surface area (Å²) in [5.41, 5.74) is 0.732. The highest BCUT2D eigenvalue weighted by Gasteiger charge is 2.44. The maximum absolute atomic E-state index is 13.5. The molecule has 180 valence electrons. The average molecular weight is 489 g/mol. The Balaban J connectivity index is 1.15. The van der Waals surface area contributed by atoms with E-state index in [4.69, 9.17) is 0 Å². The van der Waals surface area contributed by atoms with E-state index in [0.29, 0.717) is 18.2 Å². The smallest absolute Gasteiger partial charge is 0.366 e. The van der Waals surface area contributed by atoms with Crippen LogP contribution in [0.4, 0.5) is 18.9 Å². The number of hydrogen-bond donors (Lipinski definition) is 0. The number of nitrogens with zero attached hydrogens (tertiary/aromatic N) is 6. The summed E-state index contributed by atoms with van der Waals surface area (Å²) < 4.78 is 42.6. The van der Waals surface area contributed by atoms with Crippen molar-refractivity contribution in [1.29, 1.82) is 0 Å². The van der Waals surface area contributed by atoms with E-state index in [1.54, 1.807) is 36.3 Å². The van der Waals surface area contributed by atoms with E-state index >= 15 is 0 Å². The van der Waals surface area contributed by atoms with Crippen molar-refractivity contribution in [2.45, 2.75) is 30.2 Å². The summed E-state index contributed by atoms with van der Waals surface area (Å²) in [5, 5.41) is 9.48. The van der Waals surface area contributed by atoms with Gasteiger partial charge in [-0.1, -0.05) is 23.9 Å². The summed E-state index contributed by atoms with van der Waals surface area (Å²) in [7, 11) is 1.96. The largest absolute Gasteiger partial charge is 0.418 e. The molecule has 0 aliphatic carbocycles. The van der Waals surface area contributed by atoms with E-state index in [1.807, 2.05) is 28.6 Å². The van der Waals surface area contributed by atoms with E-state index in [9.17, 15) is 13.2 Å². The Kier molecular flexibility index (Phi) is 6.52. The monoisotopic (exact) mass is 488 g/mol. The van der Waals surface area contributed by atoms with Crippen molar-refractivity contribution in [3.63, 3.8) is 0 Å². The number of benzene rings is 1. The summed E-state index contributed by atoms with van der Waals surface area (Å²) in [6.45, 7) is 3.39. The second-order valence-electron chi connectivity index (χ2n) is 8.89. The zero-order chi connectivity index (χ0) is 23.7. The molecule has 0 N–H and O–H groups in total. The second-order valence-corrected chi connectivity index (χ2v) is 9.95. The van der Waals surface area contributed by atoms with Crippen molar-refractivity contribution in [3.05, 3.63) is 54.4 Å². The molecule has 1 aromatic carbocycles. The molecule has 0 saturated carbocycles. The fourth-order valence-corrected chi connectivity index (χ4v) is 5.97. The number of halogens is 3. The maximum atomic E-state index is 13.5. The maximum Gasteiger partial charge on any atom is 0.418 e. The summed E-state index contributed by atoms with van der Waals surface area (Å²) in [5.74, 6) is 2.13. The highest BCUT2D eigenvalue weighted by molar-refractivity contribution is 7.99. The number of aromatic nitrogens is 4. The van der Waals surface area contributed by atoms with Gasteiger partial charge in [-0.25, -0.2) is 0 Å². The Morgan fingerprint density at radius 1 is 1.09 bits per heavy atom. The first-order valence-electron chi connectivity index (χ1n) is 11.5. The molecule has 2 aromatic heterocycles. The number of thioether (sulfide) groups is 1. The second kappa shape index (κ2) is 9.58. The van der Waals surface area contributed by atoms with Crippen LogP contribution in [-0.2, 0) is 13.2 Å². The minimum Gasteiger partial charge on any atom is -0.366 e. The molecule has 4 heterocycles. The van der Waals surface area contributed by atoms with Crippen molar-refractivity contribution >= 4 is 17.4 Å². The first-order valence-corrected chi connectivity index (χ1v) is 12.5. The number of rotatable bonds is 7. The molecule has 2 saturated heterocycles. The van der Waals surface area contributed by atoms with Gasteiger partial charge in [0.05, 0.1) is 5.56 Å². The van der Waals surface area contributed by atoms with Crippen molar-refractivity contribution in [1.82, 2.24) is 24.6 Å². The fraction of sp³-hybridized carbons (Fsp3) is 0.458. The highest BCUT2D eigenvalue weighted by Crippen LogP contribution is 2.41. The Bertz CT molecular complexity index is 1120. The van der Waals surface area contributed by atoms with Gasteiger partial charge in [0.1, 0.15) is 0 Å². The lowest BCUT2D eigenvalue weighted by atomic mass is 10.0. The lowest BCUT2D eigenvalue weighted by Crippen LogP contribution is -2.36. The minimum atomic E-state index is -4.33. The van der Waals surface area contributed by atoms with Crippen molar-refractivity contribution < 1.29 is 13.2 Å². The third-order valence-electron chi connectivity index (χ3n) is 6.75. The molecule has 5 rings (SSSR count). The summed E-state index contributed by atoms with van der Waals surface area (Å²) in [6.07, 6.45) is 1.10. The summed E-state index contributed by atoms with van der Waals surface area (Å²) in [6, 6.07) is 9.97. The van der Waals surface area contributed by atoms with E-state index in [1.165, 1.54) is 12.1 Å². The van der Waals surface area contributed by atoms with Crippen LogP contribution in [0.15, 0.2) is 53.9 Å². The molecule has 0 amide bonds. The van der Waals surface area contributed by atoms with Gasteiger partial charge in [-0.2, -0.15) is 13.2 Å². The molecule has 0 radical (unpaired) electrons. The molecule has 6 nitrogen and oxygen atoms in total. The molecule has 0 bridgehead atoms. The van der Waals surface area contributed by atoms with E-state index < -0.39 is 11.7 Å². The molecule has 2 aliphatic rings. The van der Waals surface area contributed by atoms with Crippen LogP contribution < -0.4 is 4.90 Å². The molecule has 3 aromatic rings. The van der Waals surface area contributed by atoms with Crippen LogP contribution in [0.25, 0.3) is 11.4 Å². The molecular weight excluding hydrogens is 461 g/mol. The third-order valence-corrected chi connectivity index (χ3v) is 7.85. The zero-order valence-corrected chi connectivity index (χ0v) is 19.8. The predicted octanol–water partition coefficient (Wildman–Crippen LogP) is 4.59. The van der Waals surface area contributed by atoms with Gasteiger partial charge in [0.2, 0.25) is 0 Å². The van der Waals surface area contributed by atoms with Gasteiger partial charge in [0.15, 0.2) is 11.0 Å². The molecule has 2 aliphatic heterocycles. The van der Waals surface area contributed by atoms with Crippen molar-refractivity contribution in [3.8, 4) is 11.4 Å². The highest BCUT2D eigenvalue weighted by atomic mass is 32.2. The topological polar surface area (TPSA) is 50.1 Å². The molecule has 2 atom stereocenters. The number of likely N-dealkylation sites (tertiary alicyclic amines) is 1. The molecule has 10 heteroatoms. The number of fused-ring (bicyclic) bond motifs is 1. The quantitative estimate of drug-likeness (QED) is 0.358. The molecule has 0 unspecified atom stereocenters. The zero-order valence-electron chi connectivity index (χ0n) is 18.9. The fourth-order valence-electron chi connectivity index (χ4n) is 5.13. The van der Waals surface area contributed by atoms with Crippen LogP contribution in [0.2, 0.25) is 0 Å². The predicted molar refractivity (Wildman–Crippen MR) is 127 cm³/mol. The van der Waals surface area contributed by atoms with Gasteiger partial charge in [-0.05, 0) is 49.6 Å². The van der Waals surface area contributed by atoms with Gasteiger partial charge >= 0.3 is 6.18 Å². The number of para-hydroxylation sites is 1. The van der Waals surface area contributed by atoms with Crippen LogP contribution in [-0.4, -0.2) is 62.6 Å². The number of anilines is 1. The minimum absolute atomic E-state index is 0.150. The van der Waals surface area contributed by atoms with Gasteiger partial charge in [0, 0.05) is 62.1 Å². The van der Waals surface area contributed by atoms with E-state index in [2.05, 4.69) is 20.1 Å². The van der Waals surface area contributed by atoms with Crippen LogP contribution in [0.1, 0.15) is 18.4 Å². The van der Waals surface area contributed by atoms with E-state index in [-0.39, 0.29) is 6.04 Å². The molecular formula is C24H27F3N6S. The standard InChI is InChI=1S/C24H27F3N6S/c1-31-22(17-6-4-10-28-14-17)29-30-23(31)34-13-5-11-32-15-18-9-12-33(21(18)16-32)20-8-3-2-7-19(20)24(25,26)27/h2-4,6-8,10,14,18,21H,5,9,11-13,15-16H2,1H3/t18-,21+/m1/s1. The number of hydrogen-bond acceptors (Lipinski definition) is 6. The Labute approximate surface area is 201 Å². The average Bonchev–Trinajstić information content (AvgIpc) is 3.51. The lowest BCUT2D eigenvalue weighted by Gasteiger charge is -2.29. The van der Waals surface area contributed by atoms with Crippen LogP contribution in [0.5, 0.6) is 0 Å². The number of alkyl halides is 3. The third kappa shape index (κ3) is 4.65. The molecule has 2 fully saturated rings. The van der Waals surface area contributed by atoms with Crippen LogP contribution in [0, 0.1) is 5.92 Å². The van der Waals surface area contributed by atoms with Gasteiger partial charge < -0.3 is 14.4 Å². The summed E-state index contributed by atoms with van der Waals surface area (Å²) in [4.78, 5) is 8.53. The lowest BCUT2D eigenvalue weighted by molar-refractivity contribution is -0.137. The van der Waals surface area contributed by atoms with Crippen LogP contribution >= 0.6 is 11.8 Å². The normalized spacial score (nSPS) is 20.8. The Hall–Kier alpha value is -2.59. The Morgan fingerprint density at radius 2 is 1.94 bits per heavy atom. The van der Waals surface area contributed by atoms with Crippen molar-refractivity contribution in [2.75, 3.05) is 36.8 Å². The number of pyridine rings is 1. The SMILES string of the molecule is Cn1c(SCCCN2C[C@H]3CCN(c4ccccc4C(F)(F)F)[C@H]3C2)nnc1-c1cccnc1. The first-order chi connectivity index (χ1) is 16.4. The summed E-state index contributed by atoms with van der Waals surface area (Å²) >= 11 is 1.68. The van der Waals surface area contributed by atoms with Crippen LogP contribution in [0.3, 0.4) is 0 Å². The van der Waals surface area contributed by atoms with Gasteiger partial charge in [-0.3, -0.25) is 4.98 Å².